The molecule has 0 saturated heterocycles. The largest absolute Gasteiger partial charge is 0.268 e. The summed E-state index contributed by atoms with van der Waals surface area (Å²) in [5.74, 6) is 0. The molecule has 0 spiro atoms. The zero-order valence-electron chi connectivity index (χ0n) is 7.74. The molecule has 3 heteroatoms. The fourth-order valence-corrected chi connectivity index (χ4v) is 0.962. The van der Waals surface area contributed by atoms with Gasteiger partial charge >= 0.3 is 0 Å². The van der Waals surface area contributed by atoms with Gasteiger partial charge in [0.2, 0.25) is 0 Å². The number of hydrogen-bond donors (Lipinski definition) is 0. The maximum absolute atomic E-state index is 11.3. The lowest BCUT2D eigenvalue weighted by Gasteiger charge is -2.23. The summed E-state index contributed by atoms with van der Waals surface area (Å²) in [5, 5.41) is 4.02. The van der Waals surface area contributed by atoms with Gasteiger partial charge in [-0.2, -0.15) is 5.10 Å². The van der Waals surface area contributed by atoms with Gasteiger partial charge in [-0.05, 0) is 26.3 Å². The Labute approximate surface area is 72.0 Å². The zero-order chi connectivity index (χ0) is 9.19. The first-order valence-corrected chi connectivity index (χ1v) is 4.13. The summed E-state index contributed by atoms with van der Waals surface area (Å²) in [6, 6.07) is 3.19. The molecule has 1 rings (SSSR count). The smallest absolute Gasteiger partial charge is 0.267 e. The highest BCUT2D eigenvalue weighted by Gasteiger charge is 2.18. The average Bonchev–Trinajstić information content (AvgIpc) is 2.05. The monoisotopic (exact) mass is 166 g/mol. The summed E-state index contributed by atoms with van der Waals surface area (Å²) in [4.78, 5) is 11.3. The minimum atomic E-state index is -0.182. The summed E-state index contributed by atoms with van der Waals surface area (Å²) in [6.07, 6.45) is 2.53. The third-order valence-electron chi connectivity index (χ3n) is 2.15. The molecule has 0 atom stereocenters. The van der Waals surface area contributed by atoms with E-state index in [1.165, 1.54) is 10.7 Å². The molecule has 0 saturated carbocycles. The molecule has 0 radical (unpaired) electrons. The van der Waals surface area contributed by atoms with Crippen LogP contribution < -0.4 is 5.56 Å². The number of aromatic nitrogens is 2. The first-order chi connectivity index (χ1) is 5.58. The van der Waals surface area contributed by atoms with E-state index in [4.69, 9.17) is 0 Å². The van der Waals surface area contributed by atoms with Gasteiger partial charge in [-0.3, -0.25) is 4.79 Å². The number of nitrogens with zero attached hydrogens (tertiary/aromatic N) is 2. The van der Waals surface area contributed by atoms with Crippen LogP contribution in [-0.2, 0) is 5.54 Å². The third kappa shape index (κ3) is 1.55. The summed E-state index contributed by atoms with van der Waals surface area (Å²) < 4.78 is 1.52. The van der Waals surface area contributed by atoms with Crippen molar-refractivity contribution < 1.29 is 0 Å². The highest BCUT2D eigenvalue weighted by molar-refractivity contribution is 4.88. The van der Waals surface area contributed by atoms with Gasteiger partial charge in [0.1, 0.15) is 0 Å². The molecular formula is C9H14N2O. The molecule has 0 fully saturated rings. The molecule has 0 amide bonds. The summed E-state index contributed by atoms with van der Waals surface area (Å²) in [7, 11) is 0. The Morgan fingerprint density at radius 2 is 2.25 bits per heavy atom. The van der Waals surface area contributed by atoms with Crippen molar-refractivity contribution in [2.75, 3.05) is 0 Å². The Balaban J connectivity index is 3.20. The van der Waals surface area contributed by atoms with Gasteiger partial charge in [-0.25, -0.2) is 4.68 Å². The molecular weight excluding hydrogens is 152 g/mol. The Morgan fingerprint density at radius 1 is 1.58 bits per heavy atom. The van der Waals surface area contributed by atoms with Crippen LogP contribution in [0.5, 0.6) is 0 Å². The Morgan fingerprint density at radius 3 is 2.75 bits per heavy atom. The van der Waals surface area contributed by atoms with Crippen LogP contribution in [0.3, 0.4) is 0 Å². The van der Waals surface area contributed by atoms with Gasteiger partial charge < -0.3 is 0 Å². The van der Waals surface area contributed by atoms with Crippen molar-refractivity contribution in [3.63, 3.8) is 0 Å². The molecule has 0 aliphatic carbocycles. The van der Waals surface area contributed by atoms with Crippen molar-refractivity contribution in [1.29, 1.82) is 0 Å². The highest BCUT2D eigenvalue weighted by Crippen LogP contribution is 2.14. The van der Waals surface area contributed by atoms with E-state index >= 15 is 0 Å². The molecule has 1 aromatic heterocycles. The molecule has 0 unspecified atom stereocenters. The highest BCUT2D eigenvalue weighted by atomic mass is 16.1. The second kappa shape index (κ2) is 3.09. The fraction of sp³-hybridized carbons (Fsp3) is 0.556. The quantitative estimate of drug-likeness (QED) is 0.665. The minimum absolute atomic E-state index is 0.0376. The van der Waals surface area contributed by atoms with E-state index in [0.717, 1.165) is 6.42 Å². The maximum Gasteiger partial charge on any atom is 0.267 e. The van der Waals surface area contributed by atoms with Crippen molar-refractivity contribution >= 4 is 0 Å². The molecule has 66 valence electrons. The number of hydrogen-bond acceptors (Lipinski definition) is 2. The second-order valence-electron chi connectivity index (χ2n) is 3.44. The maximum atomic E-state index is 11.3. The predicted molar refractivity (Wildman–Crippen MR) is 48.1 cm³/mol. The van der Waals surface area contributed by atoms with Crippen molar-refractivity contribution in [3.8, 4) is 0 Å². The standard InChI is InChI=1S/C9H14N2O/c1-4-9(2,3)11-8(12)6-5-7-10-11/h5-7H,4H2,1-3H3. The van der Waals surface area contributed by atoms with Gasteiger partial charge in [0, 0.05) is 12.3 Å². The van der Waals surface area contributed by atoms with Crippen LogP contribution >= 0.6 is 0 Å². The van der Waals surface area contributed by atoms with Gasteiger partial charge in [0.25, 0.3) is 5.56 Å². The van der Waals surface area contributed by atoms with E-state index in [0.29, 0.717) is 0 Å². The van der Waals surface area contributed by atoms with Crippen LogP contribution in [0.1, 0.15) is 27.2 Å². The van der Waals surface area contributed by atoms with Gasteiger partial charge in [-0.1, -0.05) is 6.92 Å². The minimum Gasteiger partial charge on any atom is -0.268 e. The van der Waals surface area contributed by atoms with Crippen LogP contribution in [0.25, 0.3) is 0 Å². The van der Waals surface area contributed by atoms with E-state index in [1.54, 1.807) is 12.3 Å². The summed E-state index contributed by atoms with van der Waals surface area (Å²) >= 11 is 0. The molecule has 0 bridgehead atoms. The Hall–Kier alpha value is -1.12. The van der Waals surface area contributed by atoms with Crippen molar-refractivity contribution in [2.24, 2.45) is 0 Å². The van der Waals surface area contributed by atoms with Crippen molar-refractivity contribution in [1.82, 2.24) is 9.78 Å². The lowest BCUT2D eigenvalue weighted by atomic mass is 10.0. The van der Waals surface area contributed by atoms with Gasteiger partial charge in [0.05, 0.1) is 5.54 Å². The second-order valence-corrected chi connectivity index (χ2v) is 3.44. The van der Waals surface area contributed by atoms with Gasteiger partial charge in [-0.15, -0.1) is 0 Å². The third-order valence-corrected chi connectivity index (χ3v) is 2.15. The molecule has 3 nitrogen and oxygen atoms in total. The van der Waals surface area contributed by atoms with Crippen LogP contribution in [0.15, 0.2) is 23.1 Å². The van der Waals surface area contributed by atoms with E-state index in [2.05, 4.69) is 5.10 Å². The lowest BCUT2D eigenvalue weighted by molar-refractivity contribution is 0.293. The number of rotatable bonds is 2. The summed E-state index contributed by atoms with van der Waals surface area (Å²) in [5.41, 5.74) is -0.220. The Bertz CT molecular complexity index is 314. The first-order valence-electron chi connectivity index (χ1n) is 4.13. The van der Waals surface area contributed by atoms with E-state index < -0.39 is 0 Å². The molecule has 1 heterocycles. The van der Waals surface area contributed by atoms with Crippen LogP contribution in [0, 0.1) is 0 Å². The van der Waals surface area contributed by atoms with E-state index in [1.807, 2.05) is 20.8 Å². The molecule has 12 heavy (non-hydrogen) atoms. The lowest BCUT2D eigenvalue weighted by Crippen LogP contribution is -2.37. The fourth-order valence-electron chi connectivity index (χ4n) is 0.962. The van der Waals surface area contributed by atoms with E-state index in [9.17, 15) is 4.79 Å². The zero-order valence-corrected chi connectivity index (χ0v) is 7.74. The van der Waals surface area contributed by atoms with Gasteiger partial charge in [0.15, 0.2) is 0 Å². The van der Waals surface area contributed by atoms with Crippen molar-refractivity contribution in [3.05, 3.63) is 28.7 Å². The SMILES string of the molecule is CCC(C)(C)n1ncccc1=O. The topological polar surface area (TPSA) is 34.9 Å². The molecule has 0 aliphatic rings. The van der Waals surface area contributed by atoms with Crippen LogP contribution in [0.4, 0.5) is 0 Å². The first kappa shape index (κ1) is 8.97. The normalized spacial score (nSPS) is 11.6. The van der Waals surface area contributed by atoms with E-state index in [-0.39, 0.29) is 11.1 Å². The predicted octanol–water partition coefficient (Wildman–Crippen LogP) is 1.39. The Kier molecular flexibility index (Phi) is 2.31. The van der Waals surface area contributed by atoms with Crippen LogP contribution in [0.2, 0.25) is 0 Å². The summed E-state index contributed by atoms with van der Waals surface area (Å²) in [6.45, 7) is 6.05. The molecule has 1 aromatic rings. The molecule has 0 N–H and O–H groups in total. The molecule has 0 aromatic carbocycles. The van der Waals surface area contributed by atoms with Crippen LogP contribution in [-0.4, -0.2) is 9.78 Å². The molecule has 0 aliphatic heterocycles. The van der Waals surface area contributed by atoms with Crippen molar-refractivity contribution in [2.45, 2.75) is 32.7 Å². The average molecular weight is 166 g/mol.